The molecule has 0 unspecified atom stereocenters. The van der Waals surface area contributed by atoms with E-state index in [1.54, 1.807) is 0 Å². The highest BCUT2D eigenvalue weighted by Gasteiger charge is 2.17. The first-order valence-electron chi connectivity index (χ1n) is 9.41. The van der Waals surface area contributed by atoms with Crippen LogP contribution in [0.15, 0.2) is 57.7 Å². The van der Waals surface area contributed by atoms with Gasteiger partial charge in [0.1, 0.15) is 11.4 Å². The molecule has 0 bridgehead atoms. The zero-order valence-corrected chi connectivity index (χ0v) is 16.2. The van der Waals surface area contributed by atoms with Gasteiger partial charge in [-0.25, -0.2) is 4.79 Å². The zero-order chi connectivity index (χ0) is 19.7. The lowest BCUT2D eigenvalue weighted by molar-refractivity contribution is 0.594. The molecule has 0 aliphatic carbocycles. The van der Waals surface area contributed by atoms with Crippen molar-refractivity contribution in [1.29, 1.82) is 0 Å². The van der Waals surface area contributed by atoms with E-state index in [4.69, 9.17) is 4.42 Å². The van der Waals surface area contributed by atoms with Crippen LogP contribution in [0.4, 0.5) is 17.2 Å². The largest absolute Gasteiger partial charge is 0.437 e. The molecular weight excluding hydrogens is 352 g/mol. The monoisotopic (exact) mass is 374 g/mol. The quantitative estimate of drug-likeness (QED) is 0.515. The molecule has 0 fully saturated rings. The average molecular weight is 374 g/mol. The van der Waals surface area contributed by atoms with Gasteiger partial charge in [-0.05, 0) is 56.7 Å². The molecule has 2 aliphatic heterocycles. The van der Waals surface area contributed by atoms with Gasteiger partial charge in [-0.3, -0.25) is 0 Å². The third kappa shape index (κ3) is 3.41. The van der Waals surface area contributed by atoms with Gasteiger partial charge >= 0.3 is 5.69 Å². The van der Waals surface area contributed by atoms with E-state index in [-0.39, 0.29) is 5.89 Å². The average Bonchev–Trinajstić information content (AvgIpc) is 2.67. The Bertz CT molecular complexity index is 1160. The van der Waals surface area contributed by atoms with Gasteiger partial charge in [0.05, 0.1) is 5.56 Å². The van der Waals surface area contributed by atoms with Gasteiger partial charge in [0.15, 0.2) is 0 Å². The summed E-state index contributed by atoms with van der Waals surface area (Å²) >= 11 is 0. The first-order chi connectivity index (χ1) is 13.6. The predicted molar refractivity (Wildman–Crippen MR) is 113 cm³/mol. The van der Waals surface area contributed by atoms with E-state index in [0.29, 0.717) is 17.0 Å². The van der Waals surface area contributed by atoms with Crippen molar-refractivity contribution in [2.75, 3.05) is 23.3 Å². The third-order valence-electron chi connectivity index (χ3n) is 4.80. The second-order valence-electron chi connectivity index (χ2n) is 6.71. The Morgan fingerprint density at radius 2 is 1.86 bits per heavy atom. The molecule has 28 heavy (non-hydrogen) atoms. The molecule has 2 aromatic carbocycles. The number of nitrogens with zero attached hydrogens (tertiary/aromatic N) is 3. The fraction of sp³-hybridized carbons (Fsp3) is 0.227. The molecule has 0 aromatic heterocycles. The van der Waals surface area contributed by atoms with Gasteiger partial charge < -0.3 is 14.6 Å². The second-order valence-corrected chi connectivity index (χ2v) is 6.71. The van der Waals surface area contributed by atoms with Crippen LogP contribution in [0.3, 0.4) is 0 Å². The number of benzene rings is 2. The maximum Gasteiger partial charge on any atom is 0.372 e. The van der Waals surface area contributed by atoms with Gasteiger partial charge in [0.2, 0.25) is 5.89 Å². The van der Waals surface area contributed by atoms with Crippen LogP contribution in [-0.2, 0) is 0 Å². The summed E-state index contributed by atoms with van der Waals surface area (Å²) in [5.41, 5.74) is 3.84. The molecular formula is C22H22N4O2. The van der Waals surface area contributed by atoms with Crippen LogP contribution in [0.1, 0.15) is 19.4 Å². The highest BCUT2D eigenvalue weighted by atomic mass is 16.3. The number of aryl methyl sites for hydroxylation is 1. The predicted octanol–water partition coefficient (Wildman–Crippen LogP) is 4.59. The van der Waals surface area contributed by atoms with E-state index >= 15 is 0 Å². The number of rotatable bonds is 5. The highest BCUT2D eigenvalue weighted by molar-refractivity contribution is 5.88. The summed E-state index contributed by atoms with van der Waals surface area (Å²) in [7, 11) is 0. The van der Waals surface area contributed by atoms with E-state index in [2.05, 4.69) is 40.1 Å². The molecule has 2 heterocycles. The zero-order valence-electron chi connectivity index (χ0n) is 16.2. The summed E-state index contributed by atoms with van der Waals surface area (Å²) in [6.45, 7) is 8.06. The lowest BCUT2D eigenvalue weighted by atomic mass is 10.1. The maximum absolute atomic E-state index is 12.0. The van der Waals surface area contributed by atoms with Crippen LogP contribution in [0.5, 0.6) is 0 Å². The SMILES string of the molecule is CCN(CC)c1ccc2cc3c(Nc4cccc(C)c4)nc(=O)nc-3oc2c1. The highest BCUT2D eigenvalue weighted by Crippen LogP contribution is 2.33. The minimum Gasteiger partial charge on any atom is -0.437 e. The lowest BCUT2D eigenvalue weighted by Gasteiger charge is -2.21. The molecule has 1 N–H and O–H groups in total. The molecule has 0 saturated carbocycles. The Morgan fingerprint density at radius 3 is 2.61 bits per heavy atom. The lowest BCUT2D eigenvalue weighted by Crippen LogP contribution is -2.21. The first kappa shape index (κ1) is 18.0. The third-order valence-corrected chi connectivity index (χ3v) is 4.80. The number of aromatic nitrogens is 2. The minimum absolute atomic E-state index is 0.277. The number of hydrogen-bond acceptors (Lipinski definition) is 6. The number of fused-ring (bicyclic) bond motifs is 2. The van der Waals surface area contributed by atoms with Crippen LogP contribution in [0.2, 0.25) is 0 Å². The first-order valence-corrected chi connectivity index (χ1v) is 9.41. The molecule has 0 atom stereocenters. The van der Waals surface area contributed by atoms with Gasteiger partial charge in [0.25, 0.3) is 0 Å². The standard InChI is InChI=1S/C22H22N4O2/c1-4-26(5-2)17-10-9-15-12-18-20(23-16-8-6-7-14(3)11-16)24-22(27)25-21(18)28-19(15)13-17/h6-13H,4-5H2,1-3H3,(H,23,24,27). The van der Waals surface area contributed by atoms with Gasteiger partial charge in [0, 0.05) is 35.9 Å². The molecule has 0 saturated heterocycles. The van der Waals surface area contributed by atoms with Crippen molar-refractivity contribution >= 4 is 28.2 Å². The van der Waals surface area contributed by atoms with Gasteiger partial charge in [-0.1, -0.05) is 12.1 Å². The Balaban J connectivity index is 1.84. The number of nitrogens with one attached hydrogen (secondary N) is 1. The summed E-state index contributed by atoms with van der Waals surface area (Å²) in [5, 5.41) is 4.15. The summed E-state index contributed by atoms with van der Waals surface area (Å²) in [6, 6.07) is 15.9. The van der Waals surface area contributed by atoms with Crippen LogP contribution >= 0.6 is 0 Å². The molecule has 142 valence electrons. The molecule has 0 amide bonds. The summed E-state index contributed by atoms with van der Waals surface area (Å²) in [4.78, 5) is 22.3. The normalized spacial score (nSPS) is 11.1. The number of hydrogen-bond donors (Lipinski definition) is 1. The van der Waals surface area contributed by atoms with Gasteiger partial charge in [-0.2, -0.15) is 9.97 Å². The van der Waals surface area contributed by atoms with Crippen molar-refractivity contribution in [2.24, 2.45) is 0 Å². The number of anilines is 3. The van der Waals surface area contributed by atoms with E-state index in [1.807, 2.05) is 49.4 Å². The van der Waals surface area contributed by atoms with Crippen molar-refractivity contribution in [3.05, 3.63) is 64.6 Å². The molecule has 2 aliphatic rings. The maximum atomic E-state index is 12.0. The molecule has 2 aromatic rings. The van der Waals surface area contributed by atoms with Crippen molar-refractivity contribution < 1.29 is 4.42 Å². The Hall–Kier alpha value is -3.41. The molecule has 6 nitrogen and oxygen atoms in total. The van der Waals surface area contributed by atoms with E-state index < -0.39 is 5.69 Å². The fourth-order valence-electron chi connectivity index (χ4n) is 3.37. The minimum atomic E-state index is -0.578. The van der Waals surface area contributed by atoms with Crippen LogP contribution < -0.4 is 15.9 Å². The molecule has 4 rings (SSSR count). The van der Waals surface area contributed by atoms with Gasteiger partial charge in [-0.15, -0.1) is 0 Å². The van der Waals surface area contributed by atoms with Crippen molar-refractivity contribution in [3.8, 4) is 11.5 Å². The van der Waals surface area contributed by atoms with E-state index in [1.165, 1.54) is 0 Å². The summed E-state index contributed by atoms with van der Waals surface area (Å²) in [5.74, 6) is 0.721. The molecule has 0 spiro atoms. The van der Waals surface area contributed by atoms with Crippen molar-refractivity contribution in [3.63, 3.8) is 0 Å². The Labute approximate surface area is 163 Å². The molecule has 6 heteroatoms. The summed E-state index contributed by atoms with van der Waals surface area (Å²) < 4.78 is 5.99. The van der Waals surface area contributed by atoms with Crippen molar-refractivity contribution in [1.82, 2.24) is 9.97 Å². The summed E-state index contributed by atoms with van der Waals surface area (Å²) in [6.07, 6.45) is 0. The van der Waals surface area contributed by atoms with E-state index in [9.17, 15) is 4.79 Å². The van der Waals surface area contributed by atoms with E-state index in [0.717, 1.165) is 35.4 Å². The van der Waals surface area contributed by atoms with Crippen LogP contribution in [0.25, 0.3) is 22.4 Å². The Morgan fingerprint density at radius 1 is 1.04 bits per heavy atom. The van der Waals surface area contributed by atoms with Crippen LogP contribution in [0, 0.1) is 6.92 Å². The Kier molecular flexibility index (Phi) is 4.69. The smallest absolute Gasteiger partial charge is 0.372 e. The van der Waals surface area contributed by atoms with Crippen LogP contribution in [-0.4, -0.2) is 23.1 Å². The second kappa shape index (κ2) is 7.31. The molecule has 0 radical (unpaired) electrons. The topological polar surface area (TPSA) is 71.3 Å². The fourth-order valence-corrected chi connectivity index (χ4v) is 3.37. The van der Waals surface area contributed by atoms with Crippen molar-refractivity contribution in [2.45, 2.75) is 20.8 Å².